The van der Waals surface area contributed by atoms with Gasteiger partial charge >= 0.3 is 0 Å². The van der Waals surface area contributed by atoms with Gasteiger partial charge in [0.2, 0.25) is 0 Å². The van der Waals surface area contributed by atoms with Crippen molar-refractivity contribution in [2.75, 3.05) is 32.8 Å². The summed E-state index contributed by atoms with van der Waals surface area (Å²) in [5.74, 6) is 0.589. The fraction of sp³-hybridized carbons (Fsp3) is 0.500. The third kappa shape index (κ3) is 6.45. The molecule has 1 rings (SSSR count). The first-order chi connectivity index (χ1) is 9.65. The van der Waals surface area contributed by atoms with E-state index in [-0.39, 0.29) is 19.7 Å². The first kappa shape index (κ1) is 16.3. The van der Waals surface area contributed by atoms with Gasteiger partial charge in [0, 0.05) is 13.1 Å². The van der Waals surface area contributed by atoms with Gasteiger partial charge in [0.25, 0.3) is 6.43 Å². The highest BCUT2D eigenvalue weighted by Gasteiger charge is 2.11. The molecule has 6 heteroatoms. The number of alkyl halides is 2. The lowest BCUT2D eigenvalue weighted by Crippen LogP contribution is -2.33. The molecule has 0 bridgehead atoms. The molecule has 0 aliphatic heterocycles. The Kier molecular flexibility index (Phi) is 7.55. The molecular weight excluding hydrogens is 266 g/mol. The summed E-state index contributed by atoms with van der Waals surface area (Å²) >= 11 is 0. The molecule has 0 unspecified atom stereocenters. The molecular formula is C14H18F2N2O2. The van der Waals surface area contributed by atoms with Crippen molar-refractivity contribution in [2.45, 2.75) is 12.8 Å². The van der Waals surface area contributed by atoms with Crippen molar-refractivity contribution in [3.8, 4) is 11.8 Å². The zero-order valence-corrected chi connectivity index (χ0v) is 11.1. The second-order valence-corrected chi connectivity index (χ2v) is 4.26. The van der Waals surface area contributed by atoms with E-state index in [1.165, 1.54) is 4.90 Å². The first-order valence-electron chi connectivity index (χ1n) is 6.40. The SMILES string of the molecule is N#Cc1cccc(OCCCN(CCO)CC(F)F)c1. The second kappa shape index (κ2) is 9.23. The van der Waals surface area contributed by atoms with Crippen LogP contribution in [0.15, 0.2) is 24.3 Å². The van der Waals surface area contributed by atoms with Crippen LogP contribution in [-0.4, -0.2) is 49.3 Å². The Hall–Kier alpha value is -1.71. The molecule has 0 aromatic heterocycles. The Morgan fingerprint density at radius 1 is 1.35 bits per heavy atom. The normalized spacial score (nSPS) is 10.8. The maximum Gasteiger partial charge on any atom is 0.251 e. The molecule has 1 aromatic rings. The van der Waals surface area contributed by atoms with Crippen LogP contribution in [-0.2, 0) is 0 Å². The van der Waals surface area contributed by atoms with Crippen LogP contribution in [0, 0.1) is 11.3 Å². The number of hydrogen-bond acceptors (Lipinski definition) is 4. The van der Waals surface area contributed by atoms with Crippen LogP contribution in [0.3, 0.4) is 0 Å². The molecule has 0 aliphatic carbocycles. The molecule has 0 fully saturated rings. The fourth-order valence-electron chi connectivity index (χ4n) is 1.76. The number of aliphatic hydroxyl groups excluding tert-OH is 1. The van der Waals surface area contributed by atoms with Crippen molar-refractivity contribution in [3.63, 3.8) is 0 Å². The number of nitrogens with zero attached hydrogens (tertiary/aromatic N) is 2. The lowest BCUT2D eigenvalue weighted by molar-refractivity contribution is 0.0754. The Morgan fingerprint density at radius 2 is 2.15 bits per heavy atom. The molecule has 1 N–H and O–H groups in total. The fourth-order valence-corrected chi connectivity index (χ4v) is 1.76. The van der Waals surface area contributed by atoms with E-state index in [0.29, 0.717) is 30.9 Å². The largest absolute Gasteiger partial charge is 0.494 e. The number of rotatable bonds is 9. The van der Waals surface area contributed by atoms with E-state index in [1.807, 2.05) is 6.07 Å². The van der Waals surface area contributed by atoms with Gasteiger partial charge in [0.15, 0.2) is 0 Å². The number of halogens is 2. The monoisotopic (exact) mass is 284 g/mol. The van der Waals surface area contributed by atoms with E-state index in [4.69, 9.17) is 15.1 Å². The highest BCUT2D eigenvalue weighted by molar-refractivity contribution is 5.36. The molecule has 4 nitrogen and oxygen atoms in total. The first-order valence-corrected chi connectivity index (χ1v) is 6.40. The minimum atomic E-state index is -2.41. The number of nitriles is 1. The summed E-state index contributed by atoms with van der Waals surface area (Å²) in [5, 5.41) is 17.5. The molecule has 0 atom stereocenters. The van der Waals surface area contributed by atoms with Crippen LogP contribution >= 0.6 is 0 Å². The highest BCUT2D eigenvalue weighted by Crippen LogP contribution is 2.12. The van der Waals surface area contributed by atoms with E-state index < -0.39 is 6.43 Å². The van der Waals surface area contributed by atoms with Crippen LogP contribution in [0.2, 0.25) is 0 Å². The molecule has 0 saturated heterocycles. The van der Waals surface area contributed by atoms with E-state index in [1.54, 1.807) is 24.3 Å². The summed E-state index contributed by atoms with van der Waals surface area (Å²) in [6.07, 6.45) is -1.83. The summed E-state index contributed by atoms with van der Waals surface area (Å²) in [6.45, 7) is 0.555. The average molecular weight is 284 g/mol. The average Bonchev–Trinajstić information content (AvgIpc) is 2.43. The molecule has 0 heterocycles. The zero-order chi connectivity index (χ0) is 14.8. The topological polar surface area (TPSA) is 56.5 Å². The van der Waals surface area contributed by atoms with Gasteiger partial charge in [-0.1, -0.05) is 6.07 Å². The minimum absolute atomic E-state index is 0.141. The Morgan fingerprint density at radius 3 is 2.80 bits per heavy atom. The molecule has 0 radical (unpaired) electrons. The lowest BCUT2D eigenvalue weighted by Gasteiger charge is -2.20. The van der Waals surface area contributed by atoms with Gasteiger partial charge in [0.1, 0.15) is 5.75 Å². The Labute approximate surface area is 117 Å². The van der Waals surface area contributed by atoms with E-state index in [2.05, 4.69) is 0 Å². The third-order valence-corrected chi connectivity index (χ3v) is 2.66. The predicted octanol–water partition coefficient (Wildman–Crippen LogP) is 1.89. The zero-order valence-electron chi connectivity index (χ0n) is 11.1. The maximum absolute atomic E-state index is 12.3. The van der Waals surface area contributed by atoms with Gasteiger partial charge in [-0.15, -0.1) is 0 Å². The number of aliphatic hydroxyl groups is 1. The van der Waals surface area contributed by atoms with Crippen molar-refractivity contribution in [1.82, 2.24) is 4.90 Å². The van der Waals surface area contributed by atoms with Gasteiger partial charge in [0.05, 0.1) is 31.4 Å². The summed E-state index contributed by atoms with van der Waals surface area (Å²) in [6, 6.07) is 8.79. The quantitative estimate of drug-likeness (QED) is 0.704. The highest BCUT2D eigenvalue weighted by atomic mass is 19.3. The number of benzene rings is 1. The summed E-state index contributed by atoms with van der Waals surface area (Å²) in [5.41, 5.74) is 0.516. The molecule has 20 heavy (non-hydrogen) atoms. The van der Waals surface area contributed by atoms with Crippen molar-refractivity contribution in [3.05, 3.63) is 29.8 Å². The van der Waals surface area contributed by atoms with Gasteiger partial charge in [-0.25, -0.2) is 8.78 Å². The third-order valence-electron chi connectivity index (χ3n) is 2.66. The molecule has 110 valence electrons. The Balaban J connectivity index is 2.30. The van der Waals surface area contributed by atoms with Gasteiger partial charge in [-0.2, -0.15) is 5.26 Å². The van der Waals surface area contributed by atoms with Crippen molar-refractivity contribution < 1.29 is 18.6 Å². The van der Waals surface area contributed by atoms with Crippen molar-refractivity contribution in [2.24, 2.45) is 0 Å². The molecule has 0 amide bonds. The maximum atomic E-state index is 12.3. The summed E-state index contributed by atoms with van der Waals surface area (Å²) in [4.78, 5) is 1.50. The second-order valence-electron chi connectivity index (χ2n) is 4.26. The summed E-state index contributed by atoms with van der Waals surface area (Å²) < 4.78 is 30.0. The van der Waals surface area contributed by atoms with Gasteiger partial charge in [-0.05, 0) is 24.6 Å². The van der Waals surface area contributed by atoms with Gasteiger partial charge in [-0.3, -0.25) is 4.90 Å². The number of hydrogen-bond donors (Lipinski definition) is 1. The van der Waals surface area contributed by atoms with Crippen LogP contribution in [0.25, 0.3) is 0 Å². The van der Waals surface area contributed by atoms with Crippen molar-refractivity contribution >= 4 is 0 Å². The molecule has 0 saturated carbocycles. The van der Waals surface area contributed by atoms with E-state index in [9.17, 15) is 8.78 Å². The van der Waals surface area contributed by atoms with Crippen LogP contribution < -0.4 is 4.74 Å². The summed E-state index contributed by atoms with van der Waals surface area (Å²) in [7, 11) is 0. The Bertz CT molecular complexity index is 435. The lowest BCUT2D eigenvalue weighted by atomic mass is 10.2. The van der Waals surface area contributed by atoms with E-state index in [0.717, 1.165) is 0 Å². The molecule has 0 spiro atoms. The van der Waals surface area contributed by atoms with Crippen LogP contribution in [0.5, 0.6) is 5.75 Å². The van der Waals surface area contributed by atoms with Crippen LogP contribution in [0.1, 0.15) is 12.0 Å². The molecule has 1 aromatic carbocycles. The van der Waals surface area contributed by atoms with Crippen molar-refractivity contribution in [1.29, 1.82) is 5.26 Å². The standard InChI is InChI=1S/C14H18F2N2O2/c15-14(16)11-18(6-7-19)5-2-8-20-13-4-1-3-12(9-13)10-17/h1,3-4,9,14,19H,2,5-8,11H2. The van der Waals surface area contributed by atoms with Gasteiger partial charge < -0.3 is 9.84 Å². The van der Waals surface area contributed by atoms with E-state index >= 15 is 0 Å². The van der Waals surface area contributed by atoms with Crippen LogP contribution in [0.4, 0.5) is 8.78 Å². The smallest absolute Gasteiger partial charge is 0.251 e. The predicted molar refractivity (Wildman–Crippen MR) is 70.8 cm³/mol. The number of ether oxygens (including phenoxy) is 1. The molecule has 0 aliphatic rings. The minimum Gasteiger partial charge on any atom is -0.494 e.